The van der Waals surface area contributed by atoms with E-state index in [1.165, 1.54) is 5.56 Å². The topological polar surface area (TPSA) is 49.8 Å². The Morgan fingerprint density at radius 2 is 1.65 bits per heavy atom. The first kappa shape index (κ1) is 15.1. The molecule has 2 N–H and O–H groups in total. The Morgan fingerprint density at radius 3 is 2.15 bits per heavy atom. The quantitative estimate of drug-likeness (QED) is 0.831. The maximum Gasteiger partial charge on any atom is 0.134 e. The molecule has 0 aromatic carbocycles. The molecule has 0 aliphatic heterocycles. The van der Waals surface area contributed by atoms with Crippen LogP contribution in [0, 0.1) is 10.8 Å². The summed E-state index contributed by atoms with van der Waals surface area (Å²) in [6.45, 7) is 14.4. The van der Waals surface area contributed by atoms with Crippen LogP contribution >= 0.6 is 0 Å². The zero-order chi connectivity index (χ0) is 15.0. The second-order valence-electron chi connectivity index (χ2n) is 6.85. The van der Waals surface area contributed by atoms with Crippen LogP contribution in [0.5, 0.6) is 0 Å². The molecule has 4 nitrogen and oxygen atoms in total. The van der Waals surface area contributed by atoms with Crippen LogP contribution in [0.1, 0.15) is 53.5 Å². The van der Waals surface area contributed by atoms with Crippen molar-refractivity contribution in [2.24, 2.45) is 10.8 Å². The van der Waals surface area contributed by atoms with Gasteiger partial charge in [0.2, 0.25) is 0 Å². The van der Waals surface area contributed by atoms with Gasteiger partial charge in [0, 0.05) is 18.2 Å². The summed E-state index contributed by atoms with van der Waals surface area (Å²) in [5, 5.41) is 7.00. The highest BCUT2D eigenvalue weighted by atomic mass is 15.1. The third-order valence-electron chi connectivity index (χ3n) is 5.09. The van der Waals surface area contributed by atoms with Crippen LogP contribution < -0.4 is 10.6 Å². The summed E-state index contributed by atoms with van der Waals surface area (Å²) in [6, 6.07) is 0.468. The number of anilines is 2. The number of nitrogens with zero attached hydrogens (tertiary/aromatic N) is 2. The highest BCUT2D eigenvalue weighted by Crippen LogP contribution is 2.63. The molecule has 0 saturated heterocycles. The second-order valence-corrected chi connectivity index (χ2v) is 6.85. The first-order chi connectivity index (χ1) is 9.36. The Balaban J connectivity index is 2.26. The summed E-state index contributed by atoms with van der Waals surface area (Å²) < 4.78 is 0. The summed E-state index contributed by atoms with van der Waals surface area (Å²) in [5.41, 5.74) is 1.83. The van der Waals surface area contributed by atoms with E-state index in [1.54, 1.807) is 6.33 Å². The zero-order valence-corrected chi connectivity index (χ0v) is 13.7. The predicted octanol–water partition coefficient (Wildman–Crippen LogP) is 3.71. The molecule has 0 radical (unpaired) electrons. The highest BCUT2D eigenvalue weighted by Gasteiger charge is 2.65. The lowest BCUT2D eigenvalue weighted by molar-refractivity contribution is 0.457. The maximum atomic E-state index is 4.49. The Labute approximate surface area is 122 Å². The summed E-state index contributed by atoms with van der Waals surface area (Å²) >= 11 is 0. The lowest BCUT2D eigenvalue weighted by Crippen LogP contribution is -2.15. The van der Waals surface area contributed by atoms with Gasteiger partial charge in [-0.05, 0) is 24.2 Å². The van der Waals surface area contributed by atoms with Crippen LogP contribution in [-0.2, 0) is 6.42 Å². The van der Waals surface area contributed by atoms with E-state index in [0.717, 1.165) is 31.0 Å². The minimum atomic E-state index is 0.305. The highest BCUT2D eigenvalue weighted by molar-refractivity contribution is 5.59. The molecule has 0 amide bonds. The molecule has 0 bridgehead atoms. The Kier molecular flexibility index (Phi) is 3.94. The smallest absolute Gasteiger partial charge is 0.134 e. The molecule has 4 heteroatoms. The molecule has 1 aliphatic carbocycles. The molecule has 0 spiro atoms. The largest absolute Gasteiger partial charge is 0.370 e. The van der Waals surface area contributed by atoms with E-state index in [4.69, 9.17) is 0 Å². The molecule has 1 aromatic heterocycles. The van der Waals surface area contributed by atoms with Gasteiger partial charge in [-0.2, -0.15) is 0 Å². The molecule has 1 saturated carbocycles. The molecule has 1 fully saturated rings. The van der Waals surface area contributed by atoms with E-state index >= 15 is 0 Å². The normalized spacial score (nSPS) is 19.7. The Morgan fingerprint density at radius 1 is 1.05 bits per heavy atom. The van der Waals surface area contributed by atoms with Crippen LogP contribution in [0.3, 0.4) is 0 Å². The van der Waals surface area contributed by atoms with Gasteiger partial charge in [0.25, 0.3) is 0 Å². The molecule has 1 heterocycles. The van der Waals surface area contributed by atoms with Gasteiger partial charge in [-0.25, -0.2) is 9.97 Å². The van der Waals surface area contributed by atoms with Gasteiger partial charge in [-0.3, -0.25) is 0 Å². The van der Waals surface area contributed by atoms with Gasteiger partial charge in [0.1, 0.15) is 18.0 Å². The van der Waals surface area contributed by atoms with Crippen LogP contribution in [0.15, 0.2) is 6.33 Å². The van der Waals surface area contributed by atoms with E-state index in [2.05, 4.69) is 62.1 Å². The van der Waals surface area contributed by atoms with Gasteiger partial charge >= 0.3 is 0 Å². The minimum Gasteiger partial charge on any atom is -0.370 e. The zero-order valence-electron chi connectivity index (χ0n) is 13.7. The van der Waals surface area contributed by atoms with Crippen molar-refractivity contribution in [3.63, 3.8) is 0 Å². The van der Waals surface area contributed by atoms with Crippen molar-refractivity contribution in [2.75, 3.05) is 17.2 Å². The molecule has 1 aliphatic rings. The predicted molar refractivity (Wildman–Crippen MR) is 85.2 cm³/mol. The summed E-state index contributed by atoms with van der Waals surface area (Å²) in [5.74, 6) is 1.98. The fourth-order valence-electron chi connectivity index (χ4n) is 3.04. The third kappa shape index (κ3) is 2.36. The molecule has 1 aromatic rings. The summed E-state index contributed by atoms with van der Waals surface area (Å²) in [7, 11) is 0. The molecule has 0 unspecified atom stereocenters. The van der Waals surface area contributed by atoms with Crippen molar-refractivity contribution in [1.29, 1.82) is 0 Å². The Bertz CT molecular complexity index is 465. The van der Waals surface area contributed by atoms with Crippen molar-refractivity contribution < 1.29 is 0 Å². The molecule has 0 atom stereocenters. The third-order valence-corrected chi connectivity index (χ3v) is 5.09. The first-order valence-corrected chi connectivity index (χ1v) is 7.70. The van der Waals surface area contributed by atoms with Crippen LogP contribution in [-0.4, -0.2) is 22.6 Å². The number of hydrogen-bond donors (Lipinski definition) is 2. The van der Waals surface area contributed by atoms with Crippen LogP contribution in [0.2, 0.25) is 0 Å². The first-order valence-electron chi connectivity index (χ1n) is 7.70. The van der Waals surface area contributed by atoms with E-state index in [0.29, 0.717) is 16.9 Å². The van der Waals surface area contributed by atoms with Gasteiger partial charge < -0.3 is 10.6 Å². The number of hydrogen-bond acceptors (Lipinski definition) is 4. The van der Waals surface area contributed by atoms with Gasteiger partial charge in [0.05, 0.1) is 0 Å². The van der Waals surface area contributed by atoms with Crippen LogP contribution in [0.4, 0.5) is 11.6 Å². The monoisotopic (exact) mass is 276 g/mol. The lowest BCUT2D eigenvalue weighted by Gasteiger charge is -2.15. The summed E-state index contributed by atoms with van der Waals surface area (Å²) in [6.07, 6.45) is 3.75. The average molecular weight is 276 g/mol. The minimum absolute atomic E-state index is 0.305. The van der Waals surface area contributed by atoms with Crippen LogP contribution in [0.25, 0.3) is 0 Å². The van der Waals surface area contributed by atoms with E-state index < -0.39 is 0 Å². The Hall–Kier alpha value is -1.32. The molecular formula is C16H28N4. The molecule has 20 heavy (non-hydrogen) atoms. The van der Waals surface area contributed by atoms with E-state index in [1.807, 2.05) is 0 Å². The van der Waals surface area contributed by atoms with Crippen molar-refractivity contribution in [3.8, 4) is 0 Å². The number of nitrogens with one attached hydrogen (secondary N) is 2. The number of rotatable bonds is 6. The number of aromatic nitrogens is 2. The van der Waals surface area contributed by atoms with Crippen molar-refractivity contribution >= 4 is 11.6 Å². The average Bonchev–Trinajstić information content (AvgIpc) is 2.76. The van der Waals surface area contributed by atoms with Gasteiger partial charge in [0.15, 0.2) is 0 Å². The van der Waals surface area contributed by atoms with E-state index in [9.17, 15) is 0 Å². The fraction of sp³-hybridized carbons (Fsp3) is 0.750. The van der Waals surface area contributed by atoms with Crippen molar-refractivity contribution in [2.45, 2.75) is 60.4 Å². The van der Waals surface area contributed by atoms with Crippen molar-refractivity contribution in [3.05, 3.63) is 11.9 Å². The van der Waals surface area contributed by atoms with E-state index in [-0.39, 0.29) is 0 Å². The molecular weight excluding hydrogens is 248 g/mol. The van der Waals surface area contributed by atoms with Crippen molar-refractivity contribution in [1.82, 2.24) is 9.97 Å². The second kappa shape index (κ2) is 5.23. The fourth-order valence-corrected chi connectivity index (χ4v) is 3.04. The van der Waals surface area contributed by atoms with Gasteiger partial charge in [-0.1, -0.05) is 41.0 Å². The molecule has 112 valence electrons. The lowest BCUT2D eigenvalue weighted by atomic mass is 10.0. The standard InChI is InChI=1S/C16H28N4/c1-7-9-11-12(17-8-2)18-10-19-13(11)20-14-15(3,4)16(14,5)6/h10,14H,7-9H2,1-6H3,(H2,17,18,19,20). The summed E-state index contributed by atoms with van der Waals surface area (Å²) in [4.78, 5) is 8.88. The SMILES string of the molecule is CCCc1c(NCC)ncnc1NC1C(C)(C)C1(C)C. The maximum absolute atomic E-state index is 4.49. The molecule has 2 rings (SSSR count). The van der Waals surface area contributed by atoms with Gasteiger partial charge in [-0.15, -0.1) is 0 Å².